The fourth-order valence-corrected chi connectivity index (χ4v) is 4.86. The first-order chi connectivity index (χ1) is 16.4. The Morgan fingerprint density at radius 2 is 0.824 bits per heavy atom. The summed E-state index contributed by atoms with van der Waals surface area (Å²) < 4.78 is 6.54. The third-order valence-electron chi connectivity index (χ3n) is 7.64. The second-order valence-corrected chi connectivity index (χ2v) is 11.7. The number of ether oxygens (including phenoxy) is 1. The van der Waals surface area contributed by atoms with Crippen LogP contribution in [0.15, 0.2) is 0 Å². The number of nitrogens with zero attached hydrogens (tertiary/aromatic N) is 1. The number of hydrogen-bond acceptors (Lipinski definition) is 2. The molecule has 2 unspecified atom stereocenters. The Morgan fingerprint density at radius 3 is 1.12 bits per heavy atom. The van der Waals surface area contributed by atoms with E-state index >= 15 is 0 Å². The van der Waals surface area contributed by atoms with E-state index in [0.717, 1.165) is 13.2 Å². The molecule has 0 rings (SSSR count). The van der Waals surface area contributed by atoms with Gasteiger partial charge in [-0.1, -0.05) is 142 Å². The molecule has 0 fully saturated rings. The minimum absolute atomic E-state index is 0.208. The number of quaternary nitrogens is 1. The summed E-state index contributed by atoms with van der Waals surface area (Å²) in [5.74, 6) is 0. The molecule has 0 radical (unpaired) electrons. The van der Waals surface area contributed by atoms with Crippen LogP contribution in [0.3, 0.4) is 0 Å². The van der Waals surface area contributed by atoms with E-state index in [2.05, 4.69) is 27.9 Å². The normalized spacial score (nSPS) is 13.9. The van der Waals surface area contributed by atoms with Gasteiger partial charge in [0.2, 0.25) is 0 Å². The van der Waals surface area contributed by atoms with E-state index in [-0.39, 0.29) is 12.3 Å². The number of aliphatic hydroxyl groups is 1. The molecule has 0 saturated carbocycles. The fraction of sp³-hybridized carbons (Fsp3) is 1.00. The number of unbranched alkanes of at least 4 members (excludes halogenated alkanes) is 21. The van der Waals surface area contributed by atoms with Gasteiger partial charge in [-0.05, 0) is 13.3 Å². The average Bonchev–Trinajstić information content (AvgIpc) is 2.79. The maximum atomic E-state index is 9.80. The van der Waals surface area contributed by atoms with Crippen molar-refractivity contribution in [2.45, 2.75) is 174 Å². The first kappa shape index (κ1) is 33.9. The average molecular weight is 485 g/mol. The lowest BCUT2D eigenvalue weighted by molar-refractivity contribution is -0.937. The van der Waals surface area contributed by atoms with Crippen molar-refractivity contribution in [1.29, 1.82) is 0 Å². The summed E-state index contributed by atoms with van der Waals surface area (Å²) in [7, 11) is 4.12. The van der Waals surface area contributed by atoms with Gasteiger partial charge in [-0.3, -0.25) is 0 Å². The molecular weight excluding hydrogens is 418 g/mol. The third-order valence-corrected chi connectivity index (χ3v) is 7.64. The van der Waals surface area contributed by atoms with Crippen LogP contribution in [0.1, 0.15) is 162 Å². The van der Waals surface area contributed by atoms with Gasteiger partial charge in [0.05, 0.1) is 14.1 Å². The van der Waals surface area contributed by atoms with Crippen molar-refractivity contribution in [1.82, 2.24) is 0 Å². The summed E-state index contributed by atoms with van der Waals surface area (Å²) in [5.41, 5.74) is 0. The Bertz CT molecular complexity index is 397. The Balaban J connectivity index is 3.18. The van der Waals surface area contributed by atoms with Crippen molar-refractivity contribution in [3.63, 3.8) is 0 Å². The zero-order valence-corrected chi connectivity index (χ0v) is 24.4. The van der Waals surface area contributed by atoms with Crippen LogP contribution >= 0.6 is 0 Å². The van der Waals surface area contributed by atoms with E-state index in [1.165, 1.54) is 141 Å². The molecule has 0 amide bonds. The number of likely N-dealkylation sites (N-methyl/N-ethyl adjacent to an activating group) is 1. The summed E-state index contributed by atoms with van der Waals surface area (Å²) in [5, 5.41) is 9.80. The van der Waals surface area contributed by atoms with Crippen LogP contribution in [0.5, 0.6) is 0 Å². The molecule has 0 aliphatic rings. The number of rotatable bonds is 27. The van der Waals surface area contributed by atoms with Crippen LogP contribution in [0.2, 0.25) is 0 Å². The molecule has 0 heterocycles. The molecule has 3 nitrogen and oxygen atoms in total. The molecule has 0 aliphatic carbocycles. The topological polar surface area (TPSA) is 29.5 Å². The summed E-state index contributed by atoms with van der Waals surface area (Å²) in [6.45, 7) is 8.00. The van der Waals surface area contributed by atoms with Gasteiger partial charge in [0, 0.05) is 13.5 Å². The van der Waals surface area contributed by atoms with Gasteiger partial charge in [0.15, 0.2) is 6.23 Å². The molecule has 34 heavy (non-hydrogen) atoms. The summed E-state index contributed by atoms with van der Waals surface area (Å²) in [6.07, 6.45) is 31.2. The molecule has 0 aromatic heterocycles. The van der Waals surface area contributed by atoms with E-state index in [9.17, 15) is 5.11 Å². The van der Waals surface area contributed by atoms with Crippen LogP contribution in [0.25, 0.3) is 0 Å². The van der Waals surface area contributed by atoms with E-state index in [4.69, 9.17) is 4.74 Å². The predicted molar refractivity (Wildman–Crippen MR) is 151 cm³/mol. The third kappa shape index (κ3) is 23.6. The number of aliphatic hydroxyl groups excluding tert-OH is 1. The molecule has 0 aromatic carbocycles. The zero-order chi connectivity index (χ0) is 25.3. The molecule has 3 heteroatoms. The maximum absolute atomic E-state index is 9.80. The van der Waals surface area contributed by atoms with Crippen LogP contribution < -0.4 is 0 Å². The lowest BCUT2D eigenvalue weighted by Crippen LogP contribution is -2.51. The Hall–Kier alpha value is -0.120. The van der Waals surface area contributed by atoms with Crippen molar-refractivity contribution >= 4 is 0 Å². The molecule has 0 saturated heterocycles. The lowest BCUT2D eigenvalue weighted by Gasteiger charge is -2.34. The molecule has 1 N–H and O–H groups in total. The Kier molecular flexibility index (Phi) is 24.5. The molecule has 2 atom stereocenters. The fourth-order valence-electron chi connectivity index (χ4n) is 4.86. The van der Waals surface area contributed by atoms with Gasteiger partial charge in [-0.15, -0.1) is 0 Å². The summed E-state index contributed by atoms with van der Waals surface area (Å²) >= 11 is 0. The van der Waals surface area contributed by atoms with Crippen molar-refractivity contribution in [3.05, 3.63) is 0 Å². The second kappa shape index (κ2) is 24.6. The van der Waals surface area contributed by atoms with Crippen LogP contribution in [0, 0.1) is 0 Å². The van der Waals surface area contributed by atoms with E-state index in [1.54, 1.807) is 0 Å². The largest absolute Gasteiger partial charge is 0.373 e. The van der Waals surface area contributed by atoms with Crippen molar-refractivity contribution in [3.8, 4) is 0 Å². The molecule has 0 spiro atoms. The van der Waals surface area contributed by atoms with Crippen LogP contribution in [0.4, 0.5) is 0 Å². The van der Waals surface area contributed by atoms with Gasteiger partial charge in [-0.2, -0.15) is 0 Å². The van der Waals surface area contributed by atoms with Gasteiger partial charge in [0.1, 0.15) is 12.6 Å². The van der Waals surface area contributed by atoms with Crippen molar-refractivity contribution in [2.75, 3.05) is 27.2 Å². The van der Waals surface area contributed by atoms with E-state index in [0.29, 0.717) is 4.48 Å². The van der Waals surface area contributed by atoms with Gasteiger partial charge >= 0.3 is 0 Å². The maximum Gasteiger partial charge on any atom is 0.187 e. The second-order valence-electron chi connectivity index (χ2n) is 11.7. The molecule has 0 aromatic rings. The quantitative estimate of drug-likeness (QED) is 0.0714. The summed E-state index contributed by atoms with van der Waals surface area (Å²) in [6, 6.07) is 0. The number of hydrogen-bond donors (Lipinski definition) is 1. The molecular formula is C31H66NO2+. The molecule has 206 valence electrons. The Morgan fingerprint density at radius 1 is 0.529 bits per heavy atom. The van der Waals surface area contributed by atoms with Crippen molar-refractivity contribution in [2.24, 2.45) is 0 Å². The first-order valence-corrected chi connectivity index (χ1v) is 15.5. The standard InChI is InChI=1S/C31H66NO2/c1-6-7-8-9-10-11-12-13-14-15-16-17-18-19-20-21-22-23-24-25-26-27-28-34-30(2)29-32(4,5)31(3)33/h30-31,33H,6-29H2,1-5H3/q+1. The lowest BCUT2D eigenvalue weighted by atomic mass is 10.0. The highest BCUT2D eigenvalue weighted by Gasteiger charge is 2.24. The predicted octanol–water partition coefficient (Wildman–Crippen LogP) is 9.41. The highest BCUT2D eigenvalue weighted by Crippen LogP contribution is 2.15. The van der Waals surface area contributed by atoms with E-state index < -0.39 is 0 Å². The minimum atomic E-state index is -0.347. The van der Waals surface area contributed by atoms with Crippen LogP contribution in [-0.2, 0) is 4.74 Å². The first-order valence-electron chi connectivity index (χ1n) is 15.5. The smallest absolute Gasteiger partial charge is 0.187 e. The molecule has 0 bridgehead atoms. The summed E-state index contributed by atoms with van der Waals surface area (Å²) in [4.78, 5) is 0. The SMILES string of the molecule is CCCCCCCCCCCCCCCCCCCCCCCCOC(C)C[N+](C)(C)C(C)O. The Labute approximate surface area is 216 Å². The van der Waals surface area contributed by atoms with Gasteiger partial charge in [-0.25, -0.2) is 0 Å². The molecule has 0 aliphatic heterocycles. The van der Waals surface area contributed by atoms with E-state index in [1.807, 2.05) is 6.92 Å². The van der Waals surface area contributed by atoms with Crippen molar-refractivity contribution < 1.29 is 14.3 Å². The highest BCUT2D eigenvalue weighted by molar-refractivity contribution is 4.52. The van der Waals surface area contributed by atoms with Gasteiger partial charge < -0.3 is 14.3 Å². The van der Waals surface area contributed by atoms with Crippen LogP contribution in [-0.4, -0.2) is 49.2 Å². The minimum Gasteiger partial charge on any atom is -0.373 e. The highest BCUT2D eigenvalue weighted by atomic mass is 16.5. The monoisotopic (exact) mass is 485 g/mol. The van der Waals surface area contributed by atoms with Gasteiger partial charge in [0.25, 0.3) is 0 Å². The zero-order valence-electron chi connectivity index (χ0n) is 24.4.